The van der Waals surface area contributed by atoms with Gasteiger partial charge in [0.05, 0.1) is 16.6 Å². The Morgan fingerprint density at radius 3 is 2.22 bits per heavy atom. The van der Waals surface area contributed by atoms with Gasteiger partial charge < -0.3 is 5.32 Å². The van der Waals surface area contributed by atoms with Crippen molar-refractivity contribution in [1.29, 1.82) is 0 Å². The second-order valence-electron chi connectivity index (χ2n) is 8.19. The molecule has 1 atom stereocenters. The minimum Gasteiger partial charge on any atom is -0.346 e. The summed E-state index contributed by atoms with van der Waals surface area (Å²) in [6.45, 7) is 9.54. The summed E-state index contributed by atoms with van der Waals surface area (Å²) in [5.41, 5.74) is 5.51. The summed E-state index contributed by atoms with van der Waals surface area (Å²) in [4.78, 5) is 13.0. The van der Waals surface area contributed by atoms with Gasteiger partial charge in [0.2, 0.25) is 0 Å². The van der Waals surface area contributed by atoms with E-state index in [1.807, 2.05) is 57.2 Å². The predicted octanol–water partition coefficient (Wildman–Crippen LogP) is 5.47. The van der Waals surface area contributed by atoms with E-state index >= 15 is 0 Å². The molecular formula is C26H30N2O3S. The summed E-state index contributed by atoms with van der Waals surface area (Å²) in [7, 11) is -3.85. The van der Waals surface area contributed by atoms with Crippen LogP contribution in [0.2, 0.25) is 0 Å². The molecule has 0 saturated heterocycles. The van der Waals surface area contributed by atoms with E-state index in [9.17, 15) is 13.2 Å². The molecule has 0 unspecified atom stereocenters. The second-order valence-corrected chi connectivity index (χ2v) is 9.85. The van der Waals surface area contributed by atoms with Crippen LogP contribution < -0.4 is 10.0 Å². The number of hydrogen-bond donors (Lipinski definition) is 2. The summed E-state index contributed by atoms with van der Waals surface area (Å²) >= 11 is 0. The Morgan fingerprint density at radius 2 is 1.59 bits per heavy atom. The number of anilines is 1. The van der Waals surface area contributed by atoms with Gasteiger partial charge in [-0.05, 0) is 74.6 Å². The zero-order valence-electron chi connectivity index (χ0n) is 19.2. The fourth-order valence-electron chi connectivity index (χ4n) is 3.56. The number of carbonyl (C=O) groups is 1. The molecule has 2 N–H and O–H groups in total. The maximum atomic E-state index is 13.1. The lowest BCUT2D eigenvalue weighted by Gasteiger charge is -2.16. The van der Waals surface area contributed by atoms with Gasteiger partial charge in [-0.15, -0.1) is 0 Å². The lowest BCUT2D eigenvalue weighted by molar-refractivity contribution is 0.0939. The van der Waals surface area contributed by atoms with Gasteiger partial charge in [-0.2, -0.15) is 0 Å². The molecule has 0 heterocycles. The normalized spacial score (nSPS) is 12.3. The molecule has 0 aliphatic carbocycles. The monoisotopic (exact) mass is 450 g/mol. The SMILES string of the molecule is CCc1ccc([C@H](C)NC(=O)c2ccc(C)c(S(=O)(=O)Nc3ccc(C)cc3C)c2)cc1. The molecule has 3 aromatic carbocycles. The van der Waals surface area contributed by atoms with Gasteiger partial charge >= 0.3 is 0 Å². The standard InChI is InChI=1S/C26H30N2O3S/c1-6-21-9-12-22(13-10-21)20(5)27-26(29)23-11-8-18(3)25(16-23)32(30,31)28-24-14-7-17(2)15-19(24)4/h7-16,20,28H,6H2,1-5H3,(H,27,29)/t20-/m0/s1. The van der Waals surface area contributed by atoms with Crippen LogP contribution in [0.5, 0.6) is 0 Å². The molecule has 0 aromatic heterocycles. The average Bonchev–Trinajstić information content (AvgIpc) is 2.75. The smallest absolute Gasteiger partial charge is 0.262 e. The van der Waals surface area contributed by atoms with E-state index in [0.29, 0.717) is 16.8 Å². The summed E-state index contributed by atoms with van der Waals surface area (Å²) in [6.07, 6.45) is 0.956. The van der Waals surface area contributed by atoms with Crippen molar-refractivity contribution in [3.63, 3.8) is 0 Å². The number of carbonyl (C=O) groups excluding carboxylic acids is 1. The molecule has 1 amide bonds. The van der Waals surface area contributed by atoms with E-state index in [2.05, 4.69) is 17.0 Å². The predicted molar refractivity (Wildman–Crippen MR) is 130 cm³/mol. The number of nitrogens with one attached hydrogen (secondary N) is 2. The van der Waals surface area contributed by atoms with Crippen LogP contribution in [0.4, 0.5) is 5.69 Å². The molecular weight excluding hydrogens is 420 g/mol. The summed E-state index contributed by atoms with van der Waals surface area (Å²) < 4.78 is 28.8. The highest BCUT2D eigenvalue weighted by Crippen LogP contribution is 2.24. The Kier molecular flexibility index (Phi) is 7.04. The lowest BCUT2D eigenvalue weighted by atomic mass is 10.0. The third kappa shape index (κ3) is 5.37. The van der Waals surface area contributed by atoms with Crippen LogP contribution in [0, 0.1) is 20.8 Å². The molecule has 0 aliphatic heterocycles. The maximum Gasteiger partial charge on any atom is 0.262 e. The molecule has 0 radical (unpaired) electrons. The molecule has 168 valence electrons. The Balaban J connectivity index is 1.82. The summed E-state index contributed by atoms with van der Waals surface area (Å²) in [5.74, 6) is -0.319. The van der Waals surface area contributed by atoms with Gasteiger partial charge in [-0.25, -0.2) is 8.42 Å². The van der Waals surface area contributed by atoms with Crippen molar-refractivity contribution in [2.45, 2.75) is 52.0 Å². The highest BCUT2D eigenvalue weighted by Gasteiger charge is 2.21. The Labute approximate surface area is 190 Å². The van der Waals surface area contributed by atoms with Crippen molar-refractivity contribution >= 4 is 21.6 Å². The molecule has 0 aliphatic rings. The van der Waals surface area contributed by atoms with Crippen molar-refractivity contribution in [3.05, 3.63) is 94.0 Å². The molecule has 3 aromatic rings. The van der Waals surface area contributed by atoms with Crippen LogP contribution in [0.3, 0.4) is 0 Å². The van der Waals surface area contributed by atoms with Crippen molar-refractivity contribution in [2.75, 3.05) is 4.72 Å². The molecule has 6 heteroatoms. The summed E-state index contributed by atoms with van der Waals surface area (Å²) in [6, 6.07) is 18.2. The van der Waals surface area contributed by atoms with Gasteiger partial charge in [-0.3, -0.25) is 9.52 Å². The number of aryl methyl sites for hydroxylation is 4. The van der Waals surface area contributed by atoms with Gasteiger partial charge in [0.25, 0.3) is 15.9 Å². The van der Waals surface area contributed by atoms with Crippen molar-refractivity contribution in [3.8, 4) is 0 Å². The van der Waals surface area contributed by atoms with E-state index in [4.69, 9.17) is 0 Å². The molecule has 32 heavy (non-hydrogen) atoms. The zero-order valence-corrected chi connectivity index (χ0v) is 20.0. The Bertz CT molecular complexity index is 1230. The van der Waals surface area contributed by atoms with Crippen LogP contribution in [-0.4, -0.2) is 14.3 Å². The van der Waals surface area contributed by atoms with Crippen LogP contribution in [0.25, 0.3) is 0 Å². The molecule has 5 nitrogen and oxygen atoms in total. The number of benzene rings is 3. The highest BCUT2D eigenvalue weighted by atomic mass is 32.2. The van der Waals surface area contributed by atoms with Crippen LogP contribution in [0.15, 0.2) is 65.6 Å². The zero-order chi connectivity index (χ0) is 23.5. The first-order valence-corrected chi connectivity index (χ1v) is 12.2. The van der Waals surface area contributed by atoms with Gasteiger partial charge in [0.1, 0.15) is 0 Å². The fourth-order valence-corrected chi connectivity index (χ4v) is 4.97. The van der Waals surface area contributed by atoms with Crippen LogP contribution in [0.1, 0.15) is 58.1 Å². The van der Waals surface area contributed by atoms with Gasteiger partial charge in [0, 0.05) is 5.56 Å². The highest BCUT2D eigenvalue weighted by molar-refractivity contribution is 7.92. The largest absolute Gasteiger partial charge is 0.346 e. The molecule has 0 bridgehead atoms. The average molecular weight is 451 g/mol. The molecule has 0 spiro atoms. The third-order valence-corrected chi connectivity index (χ3v) is 7.11. The number of hydrogen-bond acceptors (Lipinski definition) is 3. The number of rotatable bonds is 7. The fraction of sp³-hybridized carbons (Fsp3) is 0.269. The van der Waals surface area contributed by atoms with Crippen molar-refractivity contribution in [1.82, 2.24) is 5.32 Å². The first-order chi connectivity index (χ1) is 15.1. The molecule has 3 rings (SSSR count). The van der Waals surface area contributed by atoms with Crippen molar-refractivity contribution < 1.29 is 13.2 Å². The van der Waals surface area contributed by atoms with Crippen LogP contribution in [-0.2, 0) is 16.4 Å². The molecule has 0 saturated carbocycles. The minimum absolute atomic E-state index is 0.0880. The number of amides is 1. The molecule has 0 fully saturated rings. The van der Waals surface area contributed by atoms with Gasteiger partial charge in [0.15, 0.2) is 0 Å². The minimum atomic E-state index is -3.85. The van der Waals surface area contributed by atoms with E-state index in [0.717, 1.165) is 23.1 Å². The van der Waals surface area contributed by atoms with E-state index in [-0.39, 0.29) is 16.8 Å². The Morgan fingerprint density at radius 1 is 0.906 bits per heavy atom. The topological polar surface area (TPSA) is 75.3 Å². The quantitative estimate of drug-likeness (QED) is 0.501. The lowest BCUT2D eigenvalue weighted by Crippen LogP contribution is -2.27. The van der Waals surface area contributed by atoms with Crippen molar-refractivity contribution in [2.24, 2.45) is 0 Å². The van der Waals surface area contributed by atoms with Crippen LogP contribution >= 0.6 is 0 Å². The van der Waals surface area contributed by atoms with Gasteiger partial charge in [-0.1, -0.05) is 55.0 Å². The maximum absolute atomic E-state index is 13.1. The summed E-state index contributed by atoms with van der Waals surface area (Å²) in [5, 5.41) is 2.96. The first kappa shape index (κ1) is 23.5. The Hall–Kier alpha value is -3.12. The second kappa shape index (κ2) is 9.57. The number of sulfonamides is 1. The van der Waals surface area contributed by atoms with E-state index in [1.54, 1.807) is 25.1 Å². The van der Waals surface area contributed by atoms with E-state index in [1.165, 1.54) is 11.6 Å². The van der Waals surface area contributed by atoms with E-state index < -0.39 is 10.0 Å². The third-order valence-electron chi connectivity index (χ3n) is 5.60. The first-order valence-electron chi connectivity index (χ1n) is 10.7.